The molecule has 0 aromatic heterocycles. The number of rotatable bonds is 4. The second-order valence-corrected chi connectivity index (χ2v) is 6.27. The highest BCUT2D eigenvalue weighted by Crippen LogP contribution is 2.24. The van der Waals surface area contributed by atoms with Crippen molar-refractivity contribution in [2.75, 3.05) is 31.9 Å². The monoisotopic (exact) mass is 242 g/mol. The lowest BCUT2D eigenvalue weighted by atomic mass is 10.0. The van der Waals surface area contributed by atoms with Gasteiger partial charge in [-0.25, -0.2) is 0 Å². The molecule has 2 fully saturated rings. The molecule has 0 bridgehead atoms. The van der Waals surface area contributed by atoms with Gasteiger partial charge in [0, 0.05) is 24.9 Å². The van der Waals surface area contributed by atoms with Gasteiger partial charge in [0.2, 0.25) is 0 Å². The van der Waals surface area contributed by atoms with Gasteiger partial charge in [-0.2, -0.15) is 0 Å². The Labute approximate surface area is 105 Å². The van der Waals surface area contributed by atoms with E-state index in [9.17, 15) is 0 Å². The molecule has 3 heteroatoms. The van der Waals surface area contributed by atoms with Crippen LogP contribution in [0.15, 0.2) is 0 Å². The highest BCUT2D eigenvalue weighted by atomic mass is 32.2. The van der Waals surface area contributed by atoms with Gasteiger partial charge in [-0.1, -0.05) is 25.3 Å². The molecule has 0 aromatic rings. The molecule has 2 rings (SSSR count). The van der Waals surface area contributed by atoms with Crippen molar-refractivity contribution in [3.63, 3.8) is 0 Å². The summed E-state index contributed by atoms with van der Waals surface area (Å²) in [6, 6.07) is 0.902. The summed E-state index contributed by atoms with van der Waals surface area (Å²) in [4.78, 5) is 2.76. The Morgan fingerprint density at radius 1 is 1.00 bits per heavy atom. The number of hydrogen-bond acceptors (Lipinski definition) is 3. The Kier molecular flexibility index (Phi) is 5.46. The number of hydrogen-bond donors (Lipinski definition) is 0. The molecule has 2 nitrogen and oxygen atoms in total. The zero-order valence-electron chi connectivity index (χ0n) is 10.7. The predicted molar refractivity (Wildman–Crippen MR) is 72.8 cm³/mol. The van der Waals surface area contributed by atoms with Crippen molar-refractivity contribution >= 4 is 11.9 Å². The molecule has 0 radical (unpaired) electrons. The van der Waals surface area contributed by atoms with Crippen LogP contribution in [0.4, 0.5) is 0 Å². The molecule has 0 unspecified atom stereocenters. The summed E-state index contributed by atoms with van der Waals surface area (Å²) in [6.07, 6.45) is 8.43. The van der Waals surface area contributed by atoms with Crippen LogP contribution < -0.4 is 0 Å². The summed E-state index contributed by atoms with van der Waals surface area (Å²) < 4.78 is 2.59. The van der Waals surface area contributed by atoms with Gasteiger partial charge in [-0.05, 0) is 45.2 Å². The quantitative estimate of drug-likeness (QED) is 0.700. The minimum atomic E-state index is 0.902. The fourth-order valence-corrected chi connectivity index (χ4v) is 3.75. The van der Waals surface area contributed by atoms with Crippen LogP contribution in [0.5, 0.6) is 0 Å². The molecule has 2 heterocycles. The Morgan fingerprint density at radius 3 is 2.31 bits per heavy atom. The Balaban J connectivity index is 1.67. The number of nitrogens with zero attached hydrogens (tertiary/aromatic N) is 2. The summed E-state index contributed by atoms with van der Waals surface area (Å²) in [7, 11) is 0. The van der Waals surface area contributed by atoms with Crippen LogP contribution in [-0.2, 0) is 0 Å². The lowest BCUT2D eigenvalue weighted by Crippen LogP contribution is -2.45. The smallest absolute Gasteiger partial charge is 0.0120 e. The second kappa shape index (κ2) is 6.87. The summed E-state index contributed by atoms with van der Waals surface area (Å²) in [5.74, 6) is 1.30. The van der Waals surface area contributed by atoms with Crippen LogP contribution >= 0.6 is 11.9 Å². The maximum Gasteiger partial charge on any atom is 0.0120 e. The fraction of sp³-hybridized carbons (Fsp3) is 1.00. The highest BCUT2D eigenvalue weighted by Gasteiger charge is 2.25. The van der Waals surface area contributed by atoms with Gasteiger partial charge in [-0.15, -0.1) is 0 Å². The van der Waals surface area contributed by atoms with E-state index in [4.69, 9.17) is 0 Å². The van der Waals surface area contributed by atoms with Crippen molar-refractivity contribution < 1.29 is 0 Å². The average Bonchev–Trinajstić information content (AvgIpc) is 2.38. The van der Waals surface area contributed by atoms with Gasteiger partial charge in [0.1, 0.15) is 0 Å². The molecule has 0 N–H and O–H groups in total. The molecule has 2 aliphatic heterocycles. The molecule has 0 aromatic carbocycles. The van der Waals surface area contributed by atoms with Crippen molar-refractivity contribution in [1.29, 1.82) is 0 Å². The van der Waals surface area contributed by atoms with Crippen LogP contribution in [0.3, 0.4) is 0 Å². The minimum Gasteiger partial charge on any atom is -0.300 e. The van der Waals surface area contributed by atoms with Crippen molar-refractivity contribution in [1.82, 2.24) is 9.21 Å². The lowest BCUT2D eigenvalue weighted by Gasteiger charge is -2.39. The Hall–Kier alpha value is 0.270. The standard InChI is InChI=1S/C13H26N2S/c1-2-12-16-15-10-6-13(7-11-15)14-8-4-3-5-9-14/h13H,2-12H2,1H3. The first-order valence-electron chi connectivity index (χ1n) is 7.02. The van der Waals surface area contributed by atoms with E-state index in [2.05, 4.69) is 28.1 Å². The maximum atomic E-state index is 2.76. The van der Waals surface area contributed by atoms with Crippen LogP contribution in [0, 0.1) is 0 Å². The van der Waals surface area contributed by atoms with Crippen LogP contribution in [0.2, 0.25) is 0 Å². The van der Waals surface area contributed by atoms with Gasteiger partial charge < -0.3 is 4.90 Å². The zero-order chi connectivity index (χ0) is 11.2. The molecule has 2 saturated heterocycles. The summed E-state index contributed by atoms with van der Waals surface area (Å²) in [5.41, 5.74) is 0. The van der Waals surface area contributed by atoms with E-state index < -0.39 is 0 Å². The molecule has 0 spiro atoms. The van der Waals surface area contributed by atoms with E-state index in [0.717, 1.165) is 6.04 Å². The van der Waals surface area contributed by atoms with Gasteiger partial charge in [0.15, 0.2) is 0 Å². The van der Waals surface area contributed by atoms with Gasteiger partial charge in [0.05, 0.1) is 0 Å². The topological polar surface area (TPSA) is 6.48 Å². The highest BCUT2D eigenvalue weighted by molar-refractivity contribution is 7.97. The van der Waals surface area contributed by atoms with Crippen molar-refractivity contribution in [3.8, 4) is 0 Å². The van der Waals surface area contributed by atoms with Gasteiger partial charge >= 0.3 is 0 Å². The van der Waals surface area contributed by atoms with E-state index in [0.29, 0.717) is 0 Å². The number of piperidine rings is 2. The van der Waals surface area contributed by atoms with Crippen LogP contribution in [-0.4, -0.2) is 47.2 Å². The van der Waals surface area contributed by atoms with Crippen molar-refractivity contribution in [2.24, 2.45) is 0 Å². The molecular weight excluding hydrogens is 216 g/mol. The minimum absolute atomic E-state index is 0.902. The molecule has 0 amide bonds. The third-order valence-electron chi connectivity index (χ3n) is 3.81. The maximum absolute atomic E-state index is 2.76. The number of likely N-dealkylation sites (tertiary alicyclic amines) is 1. The molecule has 0 atom stereocenters. The van der Waals surface area contributed by atoms with E-state index in [-0.39, 0.29) is 0 Å². The largest absolute Gasteiger partial charge is 0.300 e. The molecule has 94 valence electrons. The van der Waals surface area contributed by atoms with Crippen LogP contribution in [0.1, 0.15) is 45.4 Å². The predicted octanol–water partition coefficient (Wildman–Crippen LogP) is 2.99. The van der Waals surface area contributed by atoms with Crippen molar-refractivity contribution in [2.45, 2.75) is 51.5 Å². The SMILES string of the molecule is CCCSN1CCC(N2CCCCC2)CC1. The van der Waals surface area contributed by atoms with Crippen LogP contribution in [0.25, 0.3) is 0 Å². The van der Waals surface area contributed by atoms with E-state index >= 15 is 0 Å². The third kappa shape index (κ3) is 3.64. The molecule has 0 aliphatic carbocycles. The molecule has 0 saturated carbocycles. The fourth-order valence-electron chi connectivity index (χ4n) is 2.84. The average molecular weight is 242 g/mol. The van der Waals surface area contributed by atoms with E-state index in [1.807, 2.05) is 0 Å². The molecule has 2 aliphatic rings. The molecule has 16 heavy (non-hydrogen) atoms. The van der Waals surface area contributed by atoms with Crippen molar-refractivity contribution in [3.05, 3.63) is 0 Å². The Bertz CT molecular complexity index is 184. The third-order valence-corrected chi connectivity index (χ3v) is 5.13. The summed E-state index contributed by atoms with van der Waals surface area (Å²) in [5, 5.41) is 0. The first-order chi connectivity index (χ1) is 7.90. The normalized spacial score (nSPS) is 26.1. The molecular formula is C13H26N2S. The zero-order valence-corrected chi connectivity index (χ0v) is 11.5. The van der Waals surface area contributed by atoms with Gasteiger partial charge in [-0.3, -0.25) is 4.31 Å². The lowest BCUT2D eigenvalue weighted by molar-refractivity contribution is 0.120. The van der Waals surface area contributed by atoms with E-state index in [1.165, 1.54) is 70.5 Å². The summed E-state index contributed by atoms with van der Waals surface area (Å²) in [6.45, 7) is 7.63. The second-order valence-electron chi connectivity index (χ2n) is 5.09. The first kappa shape index (κ1) is 12.7. The van der Waals surface area contributed by atoms with Gasteiger partial charge in [0.25, 0.3) is 0 Å². The first-order valence-corrected chi connectivity index (χ1v) is 7.96. The Morgan fingerprint density at radius 2 is 1.69 bits per heavy atom. The van der Waals surface area contributed by atoms with E-state index in [1.54, 1.807) is 0 Å². The summed E-state index contributed by atoms with van der Waals surface area (Å²) >= 11 is 2.06.